The van der Waals surface area contributed by atoms with Crippen molar-refractivity contribution in [2.45, 2.75) is 59.3 Å². The fraction of sp³-hybridized carbons (Fsp3) is 0.933. The Balaban J connectivity index is 2.54. The zero-order chi connectivity index (χ0) is 13.4. The lowest BCUT2D eigenvalue weighted by Gasteiger charge is -2.35. The Hall–Kier alpha value is -0.570. The molecule has 3 heteroatoms. The summed E-state index contributed by atoms with van der Waals surface area (Å²) in [7, 11) is 0. The second kappa shape index (κ2) is 7.78. The zero-order valence-corrected chi connectivity index (χ0v) is 12.3. The molecule has 0 aliphatic carbocycles. The highest BCUT2D eigenvalue weighted by molar-refractivity contribution is 5.77. The van der Waals surface area contributed by atoms with Crippen LogP contribution in [0.5, 0.6) is 0 Å². The van der Waals surface area contributed by atoms with Crippen LogP contribution in [0.4, 0.5) is 0 Å². The van der Waals surface area contributed by atoms with Gasteiger partial charge < -0.3 is 10.1 Å². The van der Waals surface area contributed by atoms with E-state index in [0.29, 0.717) is 12.5 Å². The Kier molecular flexibility index (Phi) is 6.69. The van der Waals surface area contributed by atoms with Gasteiger partial charge in [0.2, 0.25) is 0 Å². The minimum Gasteiger partial charge on any atom is -0.465 e. The van der Waals surface area contributed by atoms with Gasteiger partial charge in [-0.25, -0.2) is 0 Å². The first-order valence-corrected chi connectivity index (χ1v) is 7.56. The van der Waals surface area contributed by atoms with Gasteiger partial charge in [-0.15, -0.1) is 0 Å². The van der Waals surface area contributed by atoms with E-state index in [1.807, 2.05) is 0 Å². The molecule has 1 saturated heterocycles. The maximum atomic E-state index is 12.4. The molecule has 3 nitrogen and oxygen atoms in total. The van der Waals surface area contributed by atoms with Crippen molar-refractivity contribution in [3.63, 3.8) is 0 Å². The van der Waals surface area contributed by atoms with Gasteiger partial charge in [-0.05, 0) is 31.7 Å². The monoisotopic (exact) mass is 255 g/mol. The molecule has 0 saturated carbocycles. The van der Waals surface area contributed by atoms with Crippen LogP contribution in [-0.4, -0.2) is 25.7 Å². The van der Waals surface area contributed by atoms with Crippen LogP contribution >= 0.6 is 0 Å². The highest BCUT2D eigenvalue weighted by Crippen LogP contribution is 2.33. The molecule has 0 spiro atoms. The molecule has 18 heavy (non-hydrogen) atoms. The summed E-state index contributed by atoms with van der Waals surface area (Å²) >= 11 is 0. The number of nitrogens with one attached hydrogen (secondary N) is 1. The lowest BCUT2D eigenvalue weighted by molar-refractivity contribution is -0.159. The first-order chi connectivity index (χ1) is 8.68. The predicted octanol–water partition coefficient (Wildman–Crippen LogP) is 3.14. The second-order valence-electron chi connectivity index (χ2n) is 5.59. The molecule has 0 aromatic carbocycles. The quantitative estimate of drug-likeness (QED) is 0.710. The Morgan fingerprint density at radius 1 is 1.33 bits per heavy atom. The molecule has 1 unspecified atom stereocenters. The molecule has 1 aliphatic rings. The van der Waals surface area contributed by atoms with Crippen molar-refractivity contribution < 1.29 is 9.53 Å². The molecule has 0 aromatic heterocycles. The molecule has 1 heterocycles. The predicted molar refractivity (Wildman–Crippen MR) is 74.5 cm³/mol. The van der Waals surface area contributed by atoms with Crippen molar-refractivity contribution in [3.05, 3.63) is 0 Å². The van der Waals surface area contributed by atoms with Gasteiger partial charge in [0, 0.05) is 6.54 Å². The molecular formula is C15H29NO2. The third kappa shape index (κ3) is 3.98. The molecule has 0 aromatic rings. The average molecular weight is 255 g/mol. The van der Waals surface area contributed by atoms with Crippen molar-refractivity contribution >= 4 is 5.97 Å². The third-order valence-corrected chi connectivity index (χ3v) is 4.24. The molecule has 0 amide bonds. The molecular weight excluding hydrogens is 226 g/mol. The van der Waals surface area contributed by atoms with Crippen LogP contribution in [0.2, 0.25) is 0 Å². The smallest absolute Gasteiger partial charge is 0.313 e. The maximum absolute atomic E-state index is 12.4. The van der Waals surface area contributed by atoms with E-state index in [9.17, 15) is 4.79 Å². The van der Waals surface area contributed by atoms with E-state index in [-0.39, 0.29) is 11.4 Å². The van der Waals surface area contributed by atoms with Crippen LogP contribution in [0.1, 0.15) is 59.3 Å². The Bertz CT molecular complexity index is 237. The van der Waals surface area contributed by atoms with Crippen LogP contribution in [0.25, 0.3) is 0 Å². The topological polar surface area (TPSA) is 38.3 Å². The van der Waals surface area contributed by atoms with Crippen LogP contribution in [-0.2, 0) is 9.53 Å². The first-order valence-electron chi connectivity index (χ1n) is 7.56. The number of esters is 1. The molecule has 1 fully saturated rings. The van der Waals surface area contributed by atoms with Gasteiger partial charge in [-0.1, -0.05) is 40.0 Å². The number of hydrogen-bond acceptors (Lipinski definition) is 3. The maximum Gasteiger partial charge on any atom is 0.313 e. The summed E-state index contributed by atoms with van der Waals surface area (Å²) in [6.45, 7) is 8.88. The van der Waals surface area contributed by atoms with E-state index in [1.54, 1.807) is 0 Å². The summed E-state index contributed by atoms with van der Waals surface area (Å²) < 4.78 is 5.60. The number of piperidine rings is 1. The standard InChI is InChI=1S/C15H29NO2/c1-4-8-15(9-7-10-16-12-15)14(17)18-11-13(5-2)6-3/h13,16H,4-12H2,1-3H3. The van der Waals surface area contributed by atoms with Gasteiger partial charge >= 0.3 is 5.97 Å². The fourth-order valence-electron chi connectivity index (χ4n) is 2.81. The van der Waals surface area contributed by atoms with Crippen LogP contribution in [0, 0.1) is 11.3 Å². The molecule has 1 atom stereocenters. The summed E-state index contributed by atoms with van der Waals surface area (Å²) in [6.07, 6.45) is 6.23. The van der Waals surface area contributed by atoms with E-state index in [4.69, 9.17) is 4.74 Å². The average Bonchev–Trinajstić information content (AvgIpc) is 2.41. The summed E-state index contributed by atoms with van der Waals surface area (Å²) in [5, 5.41) is 3.36. The summed E-state index contributed by atoms with van der Waals surface area (Å²) in [5.41, 5.74) is -0.251. The largest absolute Gasteiger partial charge is 0.465 e. The molecule has 0 radical (unpaired) electrons. The van der Waals surface area contributed by atoms with Gasteiger partial charge in [-0.2, -0.15) is 0 Å². The van der Waals surface area contributed by atoms with Gasteiger partial charge in [0.1, 0.15) is 0 Å². The van der Waals surface area contributed by atoms with E-state index in [2.05, 4.69) is 26.1 Å². The van der Waals surface area contributed by atoms with Crippen molar-refractivity contribution in [2.75, 3.05) is 19.7 Å². The van der Waals surface area contributed by atoms with Gasteiger partial charge in [0.15, 0.2) is 0 Å². The normalized spacial score (nSPS) is 24.2. The van der Waals surface area contributed by atoms with E-state index >= 15 is 0 Å². The zero-order valence-electron chi connectivity index (χ0n) is 12.3. The van der Waals surface area contributed by atoms with E-state index < -0.39 is 0 Å². The molecule has 1 aliphatic heterocycles. The molecule has 1 rings (SSSR count). The van der Waals surface area contributed by atoms with Crippen molar-refractivity contribution in [1.82, 2.24) is 5.32 Å². The first kappa shape index (κ1) is 15.5. The fourth-order valence-corrected chi connectivity index (χ4v) is 2.81. The number of hydrogen-bond donors (Lipinski definition) is 1. The lowest BCUT2D eigenvalue weighted by atomic mass is 9.77. The third-order valence-electron chi connectivity index (χ3n) is 4.24. The van der Waals surface area contributed by atoms with Crippen molar-refractivity contribution in [2.24, 2.45) is 11.3 Å². The van der Waals surface area contributed by atoms with E-state index in [1.165, 1.54) is 0 Å². The van der Waals surface area contributed by atoms with E-state index in [0.717, 1.165) is 51.6 Å². The van der Waals surface area contributed by atoms with Crippen molar-refractivity contribution in [3.8, 4) is 0 Å². The minimum absolute atomic E-state index is 0.0310. The SMILES string of the molecule is CCCC1(C(=O)OCC(CC)CC)CCCNC1. The lowest BCUT2D eigenvalue weighted by Crippen LogP contribution is -2.46. The number of rotatable bonds is 7. The van der Waals surface area contributed by atoms with Crippen LogP contribution in [0.15, 0.2) is 0 Å². The second-order valence-corrected chi connectivity index (χ2v) is 5.59. The molecule has 1 N–H and O–H groups in total. The van der Waals surface area contributed by atoms with Gasteiger partial charge in [-0.3, -0.25) is 4.79 Å². The summed E-state index contributed by atoms with van der Waals surface area (Å²) in [6, 6.07) is 0. The Morgan fingerprint density at radius 2 is 2.06 bits per heavy atom. The highest BCUT2D eigenvalue weighted by Gasteiger charge is 2.40. The molecule has 106 valence electrons. The number of carbonyl (C=O) groups excluding carboxylic acids is 1. The molecule has 0 bridgehead atoms. The minimum atomic E-state index is -0.251. The number of carbonyl (C=O) groups is 1. The van der Waals surface area contributed by atoms with Gasteiger partial charge in [0.25, 0.3) is 0 Å². The van der Waals surface area contributed by atoms with Crippen molar-refractivity contribution in [1.29, 1.82) is 0 Å². The van der Waals surface area contributed by atoms with Crippen LogP contribution in [0.3, 0.4) is 0 Å². The Labute approximate surface area is 112 Å². The Morgan fingerprint density at radius 3 is 2.56 bits per heavy atom. The highest BCUT2D eigenvalue weighted by atomic mass is 16.5. The summed E-state index contributed by atoms with van der Waals surface area (Å²) in [5.74, 6) is 0.549. The number of ether oxygens (including phenoxy) is 1. The van der Waals surface area contributed by atoms with Crippen LogP contribution < -0.4 is 5.32 Å². The summed E-state index contributed by atoms with van der Waals surface area (Å²) in [4.78, 5) is 12.4. The van der Waals surface area contributed by atoms with Gasteiger partial charge in [0.05, 0.1) is 12.0 Å².